The van der Waals surface area contributed by atoms with E-state index in [9.17, 15) is 4.79 Å². The number of aliphatic hydroxyl groups excluding tert-OH is 1. The number of hydrogen-bond donors (Lipinski definition) is 2. The van der Waals surface area contributed by atoms with Gasteiger partial charge in [0.05, 0.1) is 0 Å². The van der Waals surface area contributed by atoms with Crippen molar-refractivity contribution in [3.8, 4) is 0 Å². The normalized spacial score (nSPS) is 20.3. The smallest absolute Gasteiger partial charge is 0.222 e. The van der Waals surface area contributed by atoms with E-state index in [1.165, 1.54) is 0 Å². The fourth-order valence-electron chi connectivity index (χ4n) is 3.01. The van der Waals surface area contributed by atoms with Crippen molar-refractivity contribution in [1.29, 1.82) is 0 Å². The average molecular weight is 290 g/mol. The summed E-state index contributed by atoms with van der Waals surface area (Å²) in [6, 6.07) is 9.85. The van der Waals surface area contributed by atoms with Crippen LogP contribution < -0.4 is 5.73 Å². The predicted molar refractivity (Wildman–Crippen MR) is 83.6 cm³/mol. The van der Waals surface area contributed by atoms with Crippen LogP contribution in [0.1, 0.15) is 43.7 Å². The van der Waals surface area contributed by atoms with Gasteiger partial charge in [-0.15, -0.1) is 0 Å². The second-order valence-corrected chi connectivity index (χ2v) is 5.92. The van der Waals surface area contributed by atoms with Crippen molar-refractivity contribution in [2.75, 3.05) is 19.7 Å². The van der Waals surface area contributed by atoms with Crippen LogP contribution in [0.2, 0.25) is 0 Å². The Morgan fingerprint density at radius 3 is 2.86 bits per heavy atom. The van der Waals surface area contributed by atoms with Gasteiger partial charge >= 0.3 is 0 Å². The number of hydrogen-bond acceptors (Lipinski definition) is 3. The highest BCUT2D eigenvalue weighted by Crippen LogP contribution is 2.21. The second kappa shape index (κ2) is 8.15. The van der Waals surface area contributed by atoms with Gasteiger partial charge in [0.1, 0.15) is 0 Å². The first-order valence-corrected chi connectivity index (χ1v) is 7.90. The SMILES string of the molecule is NC(CCC(=O)N1CCCC(CCO)C1)c1ccccc1. The molecule has 1 saturated heterocycles. The van der Waals surface area contributed by atoms with Crippen LogP contribution in [-0.2, 0) is 4.79 Å². The van der Waals surface area contributed by atoms with Crippen molar-refractivity contribution >= 4 is 5.91 Å². The van der Waals surface area contributed by atoms with Gasteiger partial charge in [-0.2, -0.15) is 0 Å². The molecule has 1 aromatic carbocycles. The molecule has 1 fully saturated rings. The van der Waals surface area contributed by atoms with E-state index in [1.54, 1.807) is 0 Å². The fraction of sp³-hybridized carbons (Fsp3) is 0.588. The first kappa shape index (κ1) is 16.0. The predicted octanol–water partition coefficient (Wildman–Crippen LogP) is 2.09. The first-order valence-electron chi connectivity index (χ1n) is 7.90. The monoisotopic (exact) mass is 290 g/mol. The van der Waals surface area contributed by atoms with Crippen LogP contribution >= 0.6 is 0 Å². The second-order valence-electron chi connectivity index (χ2n) is 5.92. The summed E-state index contributed by atoms with van der Waals surface area (Å²) in [5.41, 5.74) is 7.23. The van der Waals surface area contributed by atoms with Gasteiger partial charge in [-0.25, -0.2) is 0 Å². The van der Waals surface area contributed by atoms with Crippen LogP contribution in [-0.4, -0.2) is 35.6 Å². The molecule has 1 aromatic rings. The summed E-state index contributed by atoms with van der Waals surface area (Å²) >= 11 is 0. The van der Waals surface area contributed by atoms with Crippen LogP contribution in [0.15, 0.2) is 30.3 Å². The highest BCUT2D eigenvalue weighted by molar-refractivity contribution is 5.76. The van der Waals surface area contributed by atoms with Gasteiger partial charge < -0.3 is 15.7 Å². The van der Waals surface area contributed by atoms with Gasteiger partial charge in [-0.3, -0.25) is 4.79 Å². The lowest BCUT2D eigenvalue weighted by atomic mass is 9.94. The number of nitrogens with zero attached hydrogens (tertiary/aromatic N) is 1. The van der Waals surface area contributed by atoms with Gasteiger partial charge in [0, 0.05) is 32.2 Å². The van der Waals surface area contributed by atoms with Gasteiger partial charge in [0.2, 0.25) is 5.91 Å². The standard InChI is InChI=1S/C17H26N2O2/c18-16(15-6-2-1-3-7-15)8-9-17(21)19-11-4-5-14(13-19)10-12-20/h1-3,6-7,14,16,20H,4-5,8-13,18H2. The minimum atomic E-state index is -0.0758. The maximum absolute atomic E-state index is 12.3. The Hall–Kier alpha value is -1.39. The number of benzene rings is 1. The average Bonchev–Trinajstić information content (AvgIpc) is 2.53. The summed E-state index contributed by atoms with van der Waals surface area (Å²) in [6.07, 6.45) is 4.15. The Morgan fingerprint density at radius 2 is 2.14 bits per heavy atom. The van der Waals surface area contributed by atoms with Crippen molar-refractivity contribution in [3.05, 3.63) is 35.9 Å². The molecule has 1 aliphatic heterocycles. The molecule has 0 spiro atoms. The minimum Gasteiger partial charge on any atom is -0.396 e. The van der Waals surface area contributed by atoms with Crippen molar-refractivity contribution in [2.24, 2.45) is 11.7 Å². The van der Waals surface area contributed by atoms with Crippen molar-refractivity contribution in [3.63, 3.8) is 0 Å². The van der Waals surface area contributed by atoms with Crippen LogP contribution in [0.3, 0.4) is 0 Å². The molecule has 0 aliphatic carbocycles. The lowest BCUT2D eigenvalue weighted by molar-refractivity contribution is -0.133. The third kappa shape index (κ3) is 4.83. The Morgan fingerprint density at radius 1 is 1.38 bits per heavy atom. The number of carbonyl (C=O) groups excluding carboxylic acids is 1. The highest BCUT2D eigenvalue weighted by Gasteiger charge is 2.23. The molecule has 21 heavy (non-hydrogen) atoms. The van der Waals surface area contributed by atoms with E-state index in [0.29, 0.717) is 18.8 Å². The summed E-state index contributed by atoms with van der Waals surface area (Å²) in [7, 11) is 0. The quantitative estimate of drug-likeness (QED) is 0.843. The molecule has 0 bridgehead atoms. The van der Waals surface area contributed by atoms with Crippen molar-refractivity contribution < 1.29 is 9.90 Å². The number of carbonyl (C=O) groups is 1. The first-order chi connectivity index (χ1) is 10.2. The highest BCUT2D eigenvalue weighted by atomic mass is 16.3. The number of amides is 1. The van der Waals surface area contributed by atoms with Crippen molar-refractivity contribution in [2.45, 2.75) is 38.1 Å². The van der Waals surface area contributed by atoms with E-state index in [2.05, 4.69) is 0 Å². The van der Waals surface area contributed by atoms with E-state index < -0.39 is 0 Å². The van der Waals surface area contributed by atoms with E-state index in [0.717, 1.165) is 37.9 Å². The number of piperidine rings is 1. The van der Waals surface area contributed by atoms with E-state index >= 15 is 0 Å². The molecule has 1 amide bonds. The molecule has 4 heteroatoms. The zero-order valence-corrected chi connectivity index (χ0v) is 12.6. The van der Waals surface area contributed by atoms with Crippen molar-refractivity contribution in [1.82, 2.24) is 4.90 Å². The molecule has 0 aromatic heterocycles. The summed E-state index contributed by atoms with van der Waals surface area (Å²) < 4.78 is 0. The molecule has 2 atom stereocenters. The summed E-state index contributed by atoms with van der Waals surface area (Å²) in [5, 5.41) is 9.03. The molecular weight excluding hydrogens is 264 g/mol. The van der Waals surface area contributed by atoms with E-state index in [-0.39, 0.29) is 18.6 Å². The summed E-state index contributed by atoms with van der Waals surface area (Å²) in [5.74, 6) is 0.652. The van der Waals surface area contributed by atoms with Crippen LogP contribution in [0, 0.1) is 5.92 Å². The van der Waals surface area contributed by atoms with Crippen LogP contribution in [0.4, 0.5) is 0 Å². The van der Waals surface area contributed by atoms with Gasteiger partial charge in [-0.1, -0.05) is 30.3 Å². The van der Waals surface area contributed by atoms with Gasteiger partial charge in [0.25, 0.3) is 0 Å². The lowest BCUT2D eigenvalue weighted by Gasteiger charge is -2.33. The number of aliphatic hydroxyl groups is 1. The van der Waals surface area contributed by atoms with Gasteiger partial charge in [0.15, 0.2) is 0 Å². The molecule has 1 aliphatic rings. The Kier molecular flexibility index (Phi) is 6.21. The third-order valence-corrected chi connectivity index (χ3v) is 4.31. The molecule has 2 rings (SSSR count). The molecule has 116 valence electrons. The Labute approximate surface area is 126 Å². The number of rotatable bonds is 6. The minimum absolute atomic E-state index is 0.0758. The maximum Gasteiger partial charge on any atom is 0.222 e. The van der Waals surface area contributed by atoms with Crippen LogP contribution in [0.25, 0.3) is 0 Å². The number of nitrogens with two attached hydrogens (primary N) is 1. The number of likely N-dealkylation sites (tertiary alicyclic amines) is 1. The zero-order chi connectivity index (χ0) is 15.1. The summed E-state index contributed by atoms with van der Waals surface area (Å²) in [4.78, 5) is 14.2. The van der Waals surface area contributed by atoms with E-state index in [1.807, 2.05) is 35.2 Å². The zero-order valence-electron chi connectivity index (χ0n) is 12.6. The molecule has 3 N–H and O–H groups in total. The molecule has 0 saturated carbocycles. The molecule has 1 heterocycles. The van der Waals surface area contributed by atoms with Gasteiger partial charge in [-0.05, 0) is 37.2 Å². The fourth-order valence-corrected chi connectivity index (χ4v) is 3.01. The Bertz CT molecular complexity index is 434. The molecule has 4 nitrogen and oxygen atoms in total. The topological polar surface area (TPSA) is 66.6 Å². The summed E-state index contributed by atoms with van der Waals surface area (Å²) in [6.45, 7) is 1.85. The Balaban J connectivity index is 1.79. The molecule has 0 radical (unpaired) electrons. The molecule has 2 unspecified atom stereocenters. The largest absolute Gasteiger partial charge is 0.396 e. The maximum atomic E-state index is 12.3. The van der Waals surface area contributed by atoms with E-state index in [4.69, 9.17) is 10.8 Å². The third-order valence-electron chi connectivity index (χ3n) is 4.31. The van der Waals surface area contributed by atoms with Crippen LogP contribution in [0.5, 0.6) is 0 Å². The lowest BCUT2D eigenvalue weighted by Crippen LogP contribution is -2.40. The molecular formula is C17H26N2O2.